The highest BCUT2D eigenvalue weighted by atomic mass is 35.5. The first-order chi connectivity index (χ1) is 10.1. The van der Waals surface area contributed by atoms with Crippen LogP contribution in [0.15, 0.2) is 24.3 Å². The van der Waals surface area contributed by atoms with Crippen LogP contribution < -0.4 is 11.1 Å². The third kappa shape index (κ3) is 5.05. The molecule has 1 aromatic carbocycles. The number of rotatable bonds is 6. The van der Waals surface area contributed by atoms with Crippen LogP contribution in [-0.2, 0) is 11.2 Å². The molecular formula is C15H19ClFN3OS. The number of nitrogens with zero attached hydrogens (tertiary/aromatic N) is 1. The molecule has 0 atom stereocenters. The van der Waals surface area contributed by atoms with Crippen molar-refractivity contribution in [2.24, 2.45) is 5.73 Å². The number of anilines is 1. The van der Waals surface area contributed by atoms with E-state index in [9.17, 15) is 9.18 Å². The first-order valence-corrected chi connectivity index (χ1v) is 7.61. The zero-order valence-corrected chi connectivity index (χ0v) is 13.9. The van der Waals surface area contributed by atoms with Crippen molar-refractivity contribution in [3.8, 4) is 0 Å². The van der Waals surface area contributed by atoms with Gasteiger partial charge in [0, 0.05) is 17.7 Å². The molecular weight excluding hydrogens is 325 g/mol. The van der Waals surface area contributed by atoms with Crippen LogP contribution in [0.25, 0.3) is 0 Å². The Balaban J connectivity index is 0.00000242. The number of carbonyl (C=O) groups is 1. The lowest BCUT2D eigenvalue weighted by molar-refractivity contribution is -0.116. The predicted octanol–water partition coefficient (Wildman–Crippen LogP) is 3.28. The number of hydrogen-bond acceptors (Lipinski definition) is 4. The molecule has 1 amide bonds. The van der Waals surface area contributed by atoms with E-state index in [1.165, 1.54) is 17.4 Å². The maximum absolute atomic E-state index is 13.7. The number of benzene rings is 1. The summed E-state index contributed by atoms with van der Waals surface area (Å²) in [5.41, 5.74) is 6.82. The Hall–Kier alpha value is -1.50. The summed E-state index contributed by atoms with van der Waals surface area (Å²) in [6, 6.07) is 6.68. The van der Waals surface area contributed by atoms with Gasteiger partial charge in [-0.3, -0.25) is 4.79 Å². The summed E-state index contributed by atoms with van der Waals surface area (Å²) in [5, 5.41) is 3.31. The SMILES string of the molecule is Cc1nc(NC(=O)CCCN)sc1Cc1ccccc1F.Cl. The second-order valence-electron chi connectivity index (χ2n) is 4.74. The first kappa shape index (κ1) is 18.5. The number of amides is 1. The molecule has 1 heterocycles. The first-order valence-electron chi connectivity index (χ1n) is 6.79. The Morgan fingerprint density at radius 2 is 2.14 bits per heavy atom. The average Bonchev–Trinajstić information content (AvgIpc) is 2.79. The van der Waals surface area contributed by atoms with Gasteiger partial charge in [-0.15, -0.1) is 23.7 Å². The van der Waals surface area contributed by atoms with Gasteiger partial charge >= 0.3 is 0 Å². The van der Waals surface area contributed by atoms with Crippen molar-refractivity contribution < 1.29 is 9.18 Å². The van der Waals surface area contributed by atoms with Crippen LogP contribution in [0.1, 0.15) is 29.0 Å². The summed E-state index contributed by atoms with van der Waals surface area (Å²) in [7, 11) is 0. The smallest absolute Gasteiger partial charge is 0.226 e. The molecule has 0 bridgehead atoms. The van der Waals surface area contributed by atoms with Crippen molar-refractivity contribution in [3.63, 3.8) is 0 Å². The largest absolute Gasteiger partial charge is 0.330 e. The minimum atomic E-state index is -0.223. The minimum absolute atomic E-state index is 0. The van der Waals surface area contributed by atoms with Crippen molar-refractivity contribution in [1.82, 2.24) is 4.98 Å². The molecule has 0 saturated carbocycles. The van der Waals surface area contributed by atoms with Crippen LogP contribution in [0.4, 0.5) is 9.52 Å². The molecule has 4 nitrogen and oxygen atoms in total. The molecule has 2 rings (SSSR count). The Morgan fingerprint density at radius 1 is 1.41 bits per heavy atom. The number of halogens is 2. The van der Waals surface area contributed by atoms with Crippen LogP contribution in [0.3, 0.4) is 0 Å². The van der Waals surface area contributed by atoms with Gasteiger partial charge < -0.3 is 11.1 Å². The number of nitrogens with one attached hydrogen (secondary N) is 1. The van der Waals surface area contributed by atoms with Crippen LogP contribution in [0, 0.1) is 12.7 Å². The highest BCUT2D eigenvalue weighted by Gasteiger charge is 2.12. The van der Waals surface area contributed by atoms with E-state index >= 15 is 0 Å². The van der Waals surface area contributed by atoms with Gasteiger partial charge in [-0.25, -0.2) is 9.37 Å². The lowest BCUT2D eigenvalue weighted by Crippen LogP contribution is -2.13. The summed E-state index contributed by atoms with van der Waals surface area (Å²) in [6.45, 7) is 2.35. The van der Waals surface area contributed by atoms with Gasteiger partial charge in [0.25, 0.3) is 0 Å². The fourth-order valence-corrected chi connectivity index (χ4v) is 2.91. The quantitative estimate of drug-likeness (QED) is 0.845. The average molecular weight is 344 g/mol. The van der Waals surface area contributed by atoms with E-state index in [4.69, 9.17) is 5.73 Å². The molecule has 0 aliphatic rings. The van der Waals surface area contributed by atoms with Gasteiger partial charge in [-0.1, -0.05) is 18.2 Å². The lowest BCUT2D eigenvalue weighted by atomic mass is 10.1. The molecule has 0 unspecified atom stereocenters. The normalized spacial score (nSPS) is 10.1. The number of aromatic nitrogens is 1. The highest BCUT2D eigenvalue weighted by Crippen LogP contribution is 2.26. The molecule has 2 aromatic rings. The van der Waals surface area contributed by atoms with Crippen LogP contribution in [0.2, 0.25) is 0 Å². The highest BCUT2D eigenvalue weighted by molar-refractivity contribution is 7.15. The van der Waals surface area contributed by atoms with Gasteiger partial charge in [0.05, 0.1) is 5.69 Å². The molecule has 7 heteroatoms. The van der Waals surface area contributed by atoms with Crippen molar-refractivity contribution in [1.29, 1.82) is 0 Å². The van der Waals surface area contributed by atoms with E-state index in [0.29, 0.717) is 36.5 Å². The van der Waals surface area contributed by atoms with Gasteiger partial charge in [-0.05, 0) is 31.5 Å². The van der Waals surface area contributed by atoms with E-state index in [0.717, 1.165) is 10.6 Å². The van der Waals surface area contributed by atoms with Gasteiger partial charge in [0.15, 0.2) is 5.13 Å². The predicted molar refractivity (Wildman–Crippen MR) is 90.2 cm³/mol. The van der Waals surface area contributed by atoms with E-state index < -0.39 is 0 Å². The summed E-state index contributed by atoms with van der Waals surface area (Å²) in [4.78, 5) is 16.9. The van der Waals surface area contributed by atoms with Gasteiger partial charge in [-0.2, -0.15) is 0 Å². The minimum Gasteiger partial charge on any atom is -0.330 e. The number of aryl methyl sites for hydroxylation is 1. The maximum atomic E-state index is 13.7. The summed E-state index contributed by atoms with van der Waals surface area (Å²) in [6.07, 6.45) is 1.52. The topological polar surface area (TPSA) is 68.0 Å². The van der Waals surface area contributed by atoms with E-state index in [-0.39, 0.29) is 24.1 Å². The van der Waals surface area contributed by atoms with E-state index in [1.54, 1.807) is 12.1 Å². The molecule has 1 aromatic heterocycles. The summed E-state index contributed by atoms with van der Waals surface area (Å²) < 4.78 is 13.7. The number of nitrogens with two attached hydrogens (primary N) is 1. The summed E-state index contributed by atoms with van der Waals surface area (Å²) >= 11 is 1.38. The van der Waals surface area contributed by atoms with Crippen LogP contribution in [0.5, 0.6) is 0 Å². The van der Waals surface area contributed by atoms with Gasteiger partial charge in [0.2, 0.25) is 5.91 Å². The number of hydrogen-bond donors (Lipinski definition) is 2. The van der Waals surface area contributed by atoms with Crippen molar-refractivity contribution >= 4 is 34.8 Å². The standard InChI is InChI=1S/C15H18FN3OS.ClH/c1-10-13(9-11-5-2-3-6-12(11)16)21-15(18-10)19-14(20)7-4-8-17;/h2-3,5-6H,4,7-9,17H2,1H3,(H,18,19,20);1H. The molecule has 22 heavy (non-hydrogen) atoms. The van der Waals surface area contributed by atoms with E-state index in [1.807, 2.05) is 13.0 Å². The fraction of sp³-hybridized carbons (Fsp3) is 0.333. The third-order valence-electron chi connectivity index (χ3n) is 3.06. The molecule has 0 radical (unpaired) electrons. The molecule has 0 aliphatic carbocycles. The Bertz CT molecular complexity index is 633. The van der Waals surface area contributed by atoms with Crippen molar-refractivity contribution in [2.75, 3.05) is 11.9 Å². The van der Waals surface area contributed by atoms with Crippen LogP contribution >= 0.6 is 23.7 Å². The molecule has 120 valence electrons. The molecule has 0 spiro atoms. The number of thiazole rings is 1. The zero-order chi connectivity index (χ0) is 15.2. The summed E-state index contributed by atoms with van der Waals surface area (Å²) in [5.74, 6) is -0.314. The molecule has 0 saturated heterocycles. The molecule has 0 aliphatic heterocycles. The maximum Gasteiger partial charge on any atom is 0.226 e. The Labute approximate surface area is 139 Å². The number of carbonyl (C=O) groups excluding carboxylic acids is 1. The molecule has 3 N–H and O–H groups in total. The lowest BCUT2D eigenvalue weighted by Gasteiger charge is -2.01. The van der Waals surface area contributed by atoms with Gasteiger partial charge in [0.1, 0.15) is 5.82 Å². The third-order valence-corrected chi connectivity index (χ3v) is 4.13. The molecule has 0 fully saturated rings. The second-order valence-corrected chi connectivity index (χ2v) is 5.82. The Kier molecular flexibility index (Phi) is 7.44. The second kappa shape index (κ2) is 8.82. The van der Waals surface area contributed by atoms with Crippen molar-refractivity contribution in [3.05, 3.63) is 46.2 Å². The Morgan fingerprint density at radius 3 is 2.82 bits per heavy atom. The van der Waals surface area contributed by atoms with E-state index in [2.05, 4.69) is 10.3 Å². The van der Waals surface area contributed by atoms with Crippen molar-refractivity contribution in [2.45, 2.75) is 26.2 Å². The fourth-order valence-electron chi connectivity index (χ4n) is 1.90. The zero-order valence-electron chi connectivity index (χ0n) is 12.3. The van der Waals surface area contributed by atoms with Crippen LogP contribution in [-0.4, -0.2) is 17.4 Å². The monoisotopic (exact) mass is 343 g/mol.